The van der Waals surface area contributed by atoms with Crippen LogP contribution in [0.5, 0.6) is 0 Å². The molecule has 0 fully saturated rings. The van der Waals surface area contributed by atoms with Gasteiger partial charge in [-0.15, -0.1) is 5.10 Å². The molecule has 0 amide bonds. The predicted octanol–water partition coefficient (Wildman–Crippen LogP) is -0.341. The third kappa shape index (κ3) is 3.69. The standard InChI is InChI=1S/C8H16N4O2S/c1-2-12-7(13)10-11-8(12)15-6-5-14-4-3-9/h2-6,9H2,1H3,(H,10,13). The third-order valence-corrected chi connectivity index (χ3v) is 2.70. The number of nitrogens with two attached hydrogens (primary N) is 1. The van der Waals surface area contributed by atoms with Crippen LogP contribution in [0.2, 0.25) is 0 Å². The molecule has 86 valence electrons. The number of nitrogens with one attached hydrogen (secondary N) is 1. The van der Waals surface area contributed by atoms with Crippen LogP contribution >= 0.6 is 11.8 Å². The highest BCUT2D eigenvalue weighted by molar-refractivity contribution is 7.99. The Balaban J connectivity index is 2.34. The number of hydrogen-bond donors (Lipinski definition) is 2. The topological polar surface area (TPSA) is 85.9 Å². The number of nitrogens with zero attached hydrogens (tertiary/aromatic N) is 2. The van der Waals surface area contributed by atoms with Crippen molar-refractivity contribution in [3.05, 3.63) is 10.5 Å². The molecule has 0 aliphatic rings. The molecule has 1 aromatic rings. The van der Waals surface area contributed by atoms with Gasteiger partial charge >= 0.3 is 5.69 Å². The fourth-order valence-corrected chi connectivity index (χ4v) is 1.93. The lowest BCUT2D eigenvalue weighted by atomic mass is 10.7. The van der Waals surface area contributed by atoms with Crippen LogP contribution in [0.1, 0.15) is 6.92 Å². The molecule has 0 aliphatic heterocycles. The number of rotatable bonds is 7. The number of aromatic nitrogens is 3. The van der Waals surface area contributed by atoms with E-state index in [2.05, 4.69) is 10.2 Å². The molecule has 1 rings (SSSR count). The van der Waals surface area contributed by atoms with Crippen molar-refractivity contribution in [1.29, 1.82) is 0 Å². The second kappa shape index (κ2) is 6.65. The van der Waals surface area contributed by atoms with Gasteiger partial charge in [-0.3, -0.25) is 4.57 Å². The van der Waals surface area contributed by atoms with Gasteiger partial charge in [0, 0.05) is 18.8 Å². The van der Waals surface area contributed by atoms with Crippen LogP contribution in [0, 0.1) is 0 Å². The zero-order valence-corrected chi connectivity index (χ0v) is 9.55. The Morgan fingerprint density at radius 2 is 2.40 bits per heavy atom. The van der Waals surface area contributed by atoms with Crippen molar-refractivity contribution in [2.75, 3.05) is 25.5 Å². The average molecular weight is 232 g/mol. The van der Waals surface area contributed by atoms with Crippen LogP contribution in [0.15, 0.2) is 9.95 Å². The number of aromatic amines is 1. The molecule has 1 heterocycles. The summed E-state index contributed by atoms with van der Waals surface area (Å²) < 4.78 is 6.80. The second-order valence-corrected chi connectivity index (χ2v) is 3.87. The van der Waals surface area contributed by atoms with E-state index >= 15 is 0 Å². The van der Waals surface area contributed by atoms with E-state index in [9.17, 15) is 4.79 Å². The number of hydrogen-bond acceptors (Lipinski definition) is 5. The van der Waals surface area contributed by atoms with Crippen molar-refractivity contribution >= 4 is 11.8 Å². The molecule has 7 heteroatoms. The number of ether oxygens (including phenoxy) is 1. The van der Waals surface area contributed by atoms with E-state index in [0.29, 0.717) is 31.5 Å². The highest BCUT2D eigenvalue weighted by Gasteiger charge is 2.05. The van der Waals surface area contributed by atoms with Crippen molar-refractivity contribution in [2.45, 2.75) is 18.6 Å². The van der Waals surface area contributed by atoms with Crippen LogP contribution in [-0.2, 0) is 11.3 Å². The van der Waals surface area contributed by atoms with Gasteiger partial charge in [0.25, 0.3) is 0 Å². The molecule has 0 bridgehead atoms. The van der Waals surface area contributed by atoms with E-state index in [4.69, 9.17) is 10.5 Å². The Kier molecular flexibility index (Phi) is 5.44. The Bertz CT molecular complexity index is 336. The van der Waals surface area contributed by atoms with Crippen LogP contribution < -0.4 is 11.4 Å². The minimum absolute atomic E-state index is 0.164. The van der Waals surface area contributed by atoms with Crippen LogP contribution in [0.25, 0.3) is 0 Å². The molecule has 15 heavy (non-hydrogen) atoms. The zero-order chi connectivity index (χ0) is 11.1. The Morgan fingerprint density at radius 3 is 3.07 bits per heavy atom. The summed E-state index contributed by atoms with van der Waals surface area (Å²) in [5.41, 5.74) is 5.11. The first kappa shape index (κ1) is 12.3. The van der Waals surface area contributed by atoms with Crippen molar-refractivity contribution in [3.8, 4) is 0 Å². The maximum absolute atomic E-state index is 11.2. The monoisotopic (exact) mass is 232 g/mol. The first-order chi connectivity index (χ1) is 7.29. The quantitative estimate of drug-likeness (QED) is 0.496. The number of thioether (sulfide) groups is 1. The molecule has 1 aromatic heterocycles. The molecular weight excluding hydrogens is 216 g/mol. The van der Waals surface area contributed by atoms with E-state index in [1.54, 1.807) is 4.57 Å². The fraction of sp³-hybridized carbons (Fsp3) is 0.750. The molecule has 3 N–H and O–H groups in total. The van der Waals surface area contributed by atoms with Crippen molar-refractivity contribution in [3.63, 3.8) is 0 Å². The van der Waals surface area contributed by atoms with Gasteiger partial charge in [0.05, 0.1) is 13.2 Å². The van der Waals surface area contributed by atoms with E-state index in [1.165, 1.54) is 11.8 Å². The molecule has 0 unspecified atom stereocenters. The highest BCUT2D eigenvalue weighted by Crippen LogP contribution is 2.11. The van der Waals surface area contributed by atoms with Crippen LogP contribution in [-0.4, -0.2) is 40.3 Å². The summed E-state index contributed by atoms with van der Waals surface area (Å²) in [6.45, 7) is 4.26. The molecule has 0 spiro atoms. The summed E-state index contributed by atoms with van der Waals surface area (Å²) in [4.78, 5) is 11.2. The number of H-pyrrole nitrogens is 1. The predicted molar refractivity (Wildman–Crippen MR) is 59.1 cm³/mol. The van der Waals surface area contributed by atoms with E-state index < -0.39 is 0 Å². The SMILES string of the molecule is CCn1c(SCCOCCN)n[nH]c1=O. The average Bonchev–Trinajstić information content (AvgIpc) is 2.59. The fourth-order valence-electron chi connectivity index (χ4n) is 1.07. The first-order valence-electron chi connectivity index (χ1n) is 4.85. The molecule has 0 saturated carbocycles. The summed E-state index contributed by atoms with van der Waals surface area (Å²) in [5.74, 6) is 0.768. The minimum atomic E-state index is -0.164. The lowest BCUT2D eigenvalue weighted by molar-refractivity contribution is 0.158. The summed E-state index contributed by atoms with van der Waals surface area (Å²) in [6.07, 6.45) is 0. The Labute approximate surface area is 92.2 Å². The van der Waals surface area contributed by atoms with Crippen LogP contribution in [0.4, 0.5) is 0 Å². The van der Waals surface area contributed by atoms with Crippen molar-refractivity contribution in [1.82, 2.24) is 14.8 Å². The van der Waals surface area contributed by atoms with Crippen LogP contribution in [0.3, 0.4) is 0 Å². The molecule has 0 aromatic carbocycles. The first-order valence-corrected chi connectivity index (χ1v) is 5.84. The summed E-state index contributed by atoms with van der Waals surface area (Å²) in [5, 5.41) is 7.04. The Morgan fingerprint density at radius 1 is 1.60 bits per heavy atom. The van der Waals surface area contributed by atoms with Gasteiger partial charge in [-0.1, -0.05) is 11.8 Å². The van der Waals surface area contributed by atoms with Crippen molar-refractivity contribution in [2.24, 2.45) is 5.73 Å². The lowest BCUT2D eigenvalue weighted by Gasteiger charge is -2.02. The third-order valence-electron chi connectivity index (χ3n) is 1.76. The van der Waals surface area contributed by atoms with E-state index in [0.717, 1.165) is 5.75 Å². The highest BCUT2D eigenvalue weighted by atomic mass is 32.2. The molecular formula is C8H16N4O2S. The molecule has 0 aliphatic carbocycles. The summed E-state index contributed by atoms with van der Waals surface area (Å²) in [6, 6.07) is 0. The van der Waals surface area contributed by atoms with Gasteiger partial charge in [0.2, 0.25) is 0 Å². The van der Waals surface area contributed by atoms with E-state index in [-0.39, 0.29) is 5.69 Å². The molecule has 0 saturated heterocycles. The maximum atomic E-state index is 11.2. The summed E-state index contributed by atoms with van der Waals surface area (Å²) in [7, 11) is 0. The summed E-state index contributed by atoms with van der Waals surface area (Å²) >= 11 is 1.50. The second-order valence-electron chi connectivity index (χ2n) is 2.81. The maximum Gasteiger partial charge on any atom is 0.343 e. The minimum Gasteiger partial charge on any atom is -0.379 e. The van der Waals surface area contributed by atoms with Crippen molar-refractivity contribution < 1.29 is 4.74 Å². The van der Waals surface area contributed by atoms with Gasteiger partial charge in [0.15, 0.2) is 5.16 Å². The van der Waals surface area contributed by atoms with Gasteiger partial charge in [-0.2, -0.15) is 0 Å². The van der Waals surface area contributed by atoms with Gasteiger partial charge < -0.3 is 10.5 Å². The van der Waals surface area contributed by atoms with Gasteiger partial charge in [-0.05, 0) is 6.92 Å². The normalized spacial score (nSPS) is 10.8. The zero-order valence-electron chi connectivity index (χ0n) is 8.73. The smallest absolute Gasteiger partial charge is 0.343 e. The van der Waals surface area contributed by atoms with Gasteiger partial charge in [-0.25, -0.2) is 9.89 Å². The molecule has 0 radical (unpaired) electrons. The van der Waals surface area contributed by atoms with Gasteiger partial charge in [0.1, 0.15) is 0 Å². The Hall–Kier alpha value is -0.790. The molecule has 6 nitrogen and oxygen atoms in total. The van der Waals surface area contributed by atoms with E-state index in [1.807, 2.05) is 6.92 Å². The lowest BCUT2D eigenvalue weighted by Crippen LogP contribution is -2.16. The molecule has 0 atom stereocenters. The largest absolute Gasteiger partial charge is 0.379 e.